The summed E-state index contributed by atoms with van der Waals surface area (Å²) in [5, 5.41) is 3.71. The number of nitrogens with zero attached hydrogens (tertiary/aromatic N) is 2. The van der Waals surface area contributed by atoms with Crippen molar-refractivity contribution < 1.29 is 4.39 Å². The van der Waals surface area contributed by atoms with E-state index in [-0.39, 0.29) is 20.4 Å². The first-order chi connectivity index (χ1) is 9.24. The van der Waals surface area contributed by atoms with E-state index >= 15 is 0 Å². The zero-order valence-corrected chi connectivity index (χ0v) is 12.2. The predicted octanol–water partition coefficient (Wildman–Crippen LogP) is 4.44. The molecule has 0 saturated carbocycles. The predicted molar refractivity (Wildman–Crippen MR) is 75.1 cm³/mol. The third kappa shape index (κ3) is 2.63. The van der Waals surface area contributed by atoms with Gasteiger partial charge in [0.15, 0.2) is 0 Å². The topological polar surface area (TPSA) is 36.8 Å². The molecule has 0 aromatic heterocycles. The molecule has 0 aliphatic carbocycles. The Bertz CT molecular complexity index is 711. The van der Waals surface area contributed by atoms with Crippen molar-refractivity contribution in [1.29, 1.82) is 0 Å². The van der Waals surface area contributed by atoms with Gasteiger partial charge in [0.05, 0.1) is 0 Å². The van der Waals surface area contributed by atoms with Crippen molar-refractivity contribution in [2.24, 2.45) is 7.92 Å². The molecule has 0 atom stereocenters. The molecule has 1 aliphatic rings. The van der Waals surface area contributed by atoms with Crippen molar-refractivity contribution in [2.75, 3.05) is 5.32 Å². The molecule has 1 aliphatic heterocycles. The molecule has 2 aromatic rings. The number of hydrogen-bond donors (Lipinski definition) is 1. The van der Waals surface area contributed by atoms with E-state index in [9.17, 15) is 4.39 Å². The Balaban J connectivity index is 1.82. The van der Waals surface area contributed by atoms with Crippen molar-refractivity contribution in [2.45, 2.75) is 6.54 Å². The fourth-order valence-electron chi connectivity index (χ4n) is 1.82. The Hall–Kier alpha value is -1.42. The molecule has 0 fully saturated rings. The van der Waals surface area contributed by atoms with Gasteiger partial charge < -0.3 is 0 Å². The molecule has 19 heavy (non-hydrogen) atoms. The summed E-state index contributed by atoms with van der Waals surface area (Å²) in [6, 6.07) is 10.3. The minimum absolute atomic E-state index is 0.0680. The summed E-state index contributed by atoms with van der Waals surface area (Å²) in [5.41, 5.74) is 3.17. The Morgan fingerprint density at radius 1 is 1.21 bits per heavy atom. The molecule has 96 valence electrons. The summed E-state index contributed by atoms with van der Waals surface area (Å²) in [6.07, 6.45) is 0. The van der Waals surface area contributed by atoms with Gasteiger partial charge in [-0.1, -0.05) is 0 Å². The number of hydrogen-bond acceptors (Lipinski definition) is 3. The van der Waals surface area contributed by atoms with Gasteiger partial charge >= 0.3 is 120 Å². The van der Waals surface area contributed by atoms with Crippen molar-refractivity contribution >= 4 is 43.2 Å². The number of anilines is 1. The van der Waals surface area contributed by atoms with E-state index in [1.165, 1.54) is 12.1 Å². The van der Waals surface area contributed by atoms with E-state index in [1.807, 2.05) is 18.2 Å². The van der Waals surface area contributed by atoms with Crippen LogP contribution in [0.4, 0.5) is 21.5 Å². The van der Waals surface area contributed by atoms with Crippen LogP contribution in [0.3, 0.4) is 0 Å². The molecule has 1 N–H and O–H groups in total. The fraction of sp³-hybridized carbons (Fsp3) is 0.0769. The SMILES string of the molecule is Fc1ccc(Cl)cc1CNc1cccc2c1N=[Se]=N2. The van der Waals surface area contributed by atoms with Crippen LogP contribution >= 0.6 is 11.6 Å². The van der Waals surface area contributed by atoms with Crippen LogP contribution in [-0.2, 0) is 6.54 Å². The second kappa shape index (κ2) is 5.29. The van der Waals surface area contributed by atoms with Gasteiger partial charge in [-0.25, -0.2) is 0 Å². The van der Waals surface area contributed by atoms with E-state index in [0.29, 0.717) is 17.1 Å². The monoisotopic (exact) mass is 341 g/mol. The standard InChI is InChI=1S/C13H9ClFN3Se/c14-9-4-5-10(15)8(6-9)7-16-11-2-1-3-12-13(11)18-19-17-12/h1-6,16H,7H2. The molecule has 0 unspecified atom stereocenters. The van der Waals surface area contributed by atoms with Crippen LogP contribution in [0.1, 0.15) is 5.56 Å². The van der Waals surface area contributed by atoms with Crippen LogP contribution in [0.25, 0.3) is 0 Å². The van der Waals surface area contributed by atoms with E-state index < -0.39 is 0 Å². The molecule has 1 heterocycles. The number of halogens is 2. The molecule has 0 amide bonds. The Kier molecular flexibility index (Phi) is 3.51. The summed E-state index contributed by atoms with van der Waals surface area (Å²) in [4.78, 5) is 0. The first kappa shape index (κ1) is 12.6. The van der Waals surface area contributed by atoms with Gasteiger partial charge in [-0.05, 0) is 0 Å². The molecule has 2 aromatic carbocycles. The molecule has 0 bridgehead atoms. The van der Waals surface area contributed by atoms with Crippen LogP contribution in [0.15, 0.2) is 44.3 Å². The zero-order valence-electron chi connectivity index (χ0n) is 9.73. The summed E-state index contributed by atoms with van der Waals surface area (Å²) >= 11 is 5.80. The van der Waals surface area contributed by atoms with E-state index in [1.54, 1.807) is 6.07 Å². The third-order valence-electron chi connectivity index (χ3n) is 2.76. The van der Waals surface area contributed by atoms with Crippen molar-refractivity contribution in [3.63, 3.8) is 0 Å². The molecule has 0 radical (unpaired) electrons. The zero-order chi connectivity index (χ0) is 13.2. The van der Waals surface area contributed by atoms with Gasteiger partial charge in [0, 0.05) is 0 Å². The molecule has 6 heteroatoms. The third-order valence-corrected chi connectivity index (χ3v) is 4.14. The number of benzene rings is 2. The summed E-state index contributed by atoms with van der Waals surface area (Å²) < 4.78 is 22.3. The minimum atomic E-state index is -0.268. The summed E-state index contributed by atoms with van der Waals surface area (Å²) in [5.74, 6) is -0.268. The van der Waals surface area contributed by atoms with Crippen molar-refractivity contribution in [1.82, 2.24) is 0 Å². The summed E-state index contributed by atoms with van der Waals surface area (Å²) in [7, 11) is 0. The van der Waals surface area contributed by atoms with Crippen LogP contribution in [0.5, 0.6) is 0 Å². The Morgan fingerprint density at radius 2 is 2.11 bits per heavy atom. The Morgan fingerprint density at radius 3 is 3.00 bits per heavy atom. The van der Waals surface area contributed by atoms with Gasteiger partial charge in [-0.3, -0.25) is 0 Å². The van der Waals surface area contributed by atoms with E-state index in [0.717, 1.165) is 17.1 Å². The first-order valence-corrected chi connectivity index (χ1v) is 7.54. The quantitative estimate of drug-likeness (QED) is 0.703. The van der Waals surface area contributed by atoms with Crippen LogP contribution in [0, 0.1) is 5.82 Å². The van der Waals surface area contributed by atoms with Crippen LogP contribution in [0.2, 0.25) is 5.02 Å². The normalized spacial score (nSPS) is 12.1. The number of nitrogens with one attached hydrogen (secondary N) is 1. The molecule has 3 nitrogen and oxygen atoms in total. The van der Waals surface area contributed by atoms with Gasteiger partial charge in [0.25, 0.3) is 0 Å². The molecule has 0 saturated heterocycles. The van der Waals surface area contributed by atoms with Crippen LogP contribution < -0.4 is 5.32 Å². The van der Waals surface area contributed by atoms with E-state index in [4.69, 9.17) is 11.6 Å². The average Bonchev–Trinajstić information content (AvgIpc) is 2.88. The second-order valence-corrected chi connectivity index (χ2v) is 5.57. The van der Waals surface area contributed by atoms with Crippen molar-refractivity contribution in [3.05, 3.63) is 52.8 Å². The maximum absolute atomic E-state index is 13.6. The second-order valence-electron chi connectivity index (χ2n) is 4.03. The molecule has 0 spiro atoms. The summed E-state index contributed by atoms with van der Waals surface area (Å²) in [6.45, 7) is 0.366. The molecule has 3 rings (SSSR count). The molecular formula is C13H9ClFN3Se. The van der Waals surface area contributed by atoms with Crippen molar-refractivity contribution in [3.8, 4) is 0 Å². The van der Waals surface area contributed by atoms with Gasteiger partial charge in [-0.2, -0.15) is 0 Å². The average molecular weight is 341 g/mol. The number of fused-ring (bicyclic) bond motifs is 1. The fourth-order valence-corrected chi connectivity index (χ4v) is 3.17. The Labute approximate surface area is 120 Å². The van der Waals surface area contributed by atoms with Gasteiger partial charge in [0.1, 0.15) is 0 Å². The number of rotatable bonds is 3. The molecular weight excluding hydrogens is 332 g/mol. The van der Waals surface area contributed by atoms with E-state index in [2.05, 4.69) is 13.2 Å². The van der Waals surface area contributed by atoms with Gasteiger partial charge in [0.2, 0.25) is 0 Å². The maximum atomic E-state index is 13.6. The first-order valence-electron chi connectivity index (χ1n) is 5.63. The van der Waals surface area contributed by atoms with Gasteiger partial charge in [-0.15, -0.1) is 0 Å². The van der Waals surface area contributed by atoms with Crippen LogP contribution in [-0.4, -0.2) is 14.6 Å².